The van der Waals surface area contributed by atoms with Crippen LogP contribution in [0.5, 0.6) is 5.75 Å². The summed E-state index contributed by atoms with van der Waals surface area (Å²) < 4.78 is 5.26. The maximum Gasteiger partial charge on any atom is 0.183 e. The van der Waals surface area contributed by atoms with Crippen LogP contribution in [0.15, 0.2) is 24.6 Å². The van der Waals surface area contributed by atoms with Crippen LogP contribution in [0.3, 0.4) is 0 Å². The molecule has 1 aromatic carbocycles. The van der Waals surface area contributed by atoms with E-state index in [9.17, 15) is 0 Å². The highest BCUT2D eigenvalue weighted by Gasteiger charge is 2.04. The van der Waals surface area contributed by atoms with Gasteiger partial charge in [0, 0.05) is 0 Å². The van der Waals surface area contributed by atoms with Gasteiger partial charge >= 0.3 is 0 Å². The molecule has 0 unspecified atom stereocenters. The Morgan fingerprint density at radius 3 is 2.38 bits per heavy atom. The van der Waals surface area contributed by atoms with Crippen molar-refractivity contribution in [2.24, 2.45) is 5.73 Å². The standard InChI is InChI=1S/C11H15NO/c1-7-5-6-11(13-10(4)12)9(3)8(7)2/h5-6H,4,12H2,1-3H3. The molecule has 2 heteroatoms. The smallest absolute Gasteiger partial charge is 0.183 e. The van der Waals surface area contributed by atoms with Gasteiger partial charge in [-0.3, -0.25) is 0 Å². The molecule has 2 nitrogen and oxygen atoms in total. The molecule has 2 N–H and O–H groups in total. The number of aryl methyl sites for hydroxylation is 1. The average molecular weight is 177 g/mol. The van der Waals surface area contributed by atoms with Crippen molar-refractivity contribution in [3.63, 3.8) is 0 Å². The van der Waals surface area contributed by atoms with E-state index in [0.717, 1.165) is 11.3 Å². The van der Waals surface area contributed by atoms with Crippen molar-refractivity contribution in [2.45, 2.75) is 20.8 Å². The molecule has 0 saturated heterocycles. The molecule has 0 bridgehead atoms. The van der Waals surface area contributed by atoms with Gasteiger partial charge in [0.25, 0.3) is 0 Å². The fourth-order valence-corrected chi connectivity index (χ4v) is 1.18. The first-order chi connectivity index (χ1) is 6.02. The summed E-state index contributed by atoms with van der Waals surface area (Å²) in [6.07, 6.45) is 0. The highest BCUT2D eigenvalue weighted by molar-refractivity contribution is 5.43. The third-order valence-corrected chi connectivity index (χ3v) is 2.25. The van der Waals surface area contributed by atoms with Gasteiger partial charge in [-0.2, -0.15) is 0 Å². The third kappa shape index (κ3) is 2.02. The fraction of sp³-hybridized carbons (Fsp3) is 0.273. The summed E-state index contributed by atoms with van der Waals surface area (Å²) in [7, 11) is 0. The van der Waals surface area contributed by atoms with Gasteiger partial charge in [-0.05, 0) is 50.1 Å². The largest absolute Gasteiger partial charge is 0.442 e. The van der Waals surface area contributed by atoms with E-state index in [-0.39, 0.29) is 5.88 Å². The molecule has 1 aromatic rings. The number of ether oxygens (including phenoxy) is 1. The van der Waals surface area contributed by atoms with Crippen LogP contribution in [0.25, 0.3) is 0 Å². The van der Waals surface area contributed by atoms with E-state index in [1.165, 1.54) is 11.1 Å². The second kappa shape index (κ2) is 3.52. The van der Waals surface area contributed by atoms with E-state index in [1.54, 1.807) is 0 Å². The van der Waals surface area contributed by atoms with Gasteiger partial charge in [0.1, 0.15) is 5.75 Å². The van der Waals surface area contributed by atoms with E-state index < -0.39 is 0 Å². The summed E-state index contributed by atoms with van der Waals surface area (Å²) >= 11 is 0. The first-order valence-corrected chi connectivity index (χ1v) is 4.21. The molecule has 70 valence electrons. The lowest BCUT2D eigenvalue weighted by Crippen LogP contribution is -2.05. The summed E-state index contributed by atoms with van der Waals surface area (Å²) in [5.41, 5.74) is 8.97. The second-order valence-electron chi connectivity index (χ2n) is 3.20. The molecule has 0 saturated carbocycles. The van der Waals surface area contributed by atoms with Crippen LogP contribution in [0, 0.1) is 20.8 Å². The molecule has 0 radical (unpaired) electrons. The SMILES string of the molecule is C=C(N)Oc1ccc(C)c(C)c1C. The lowest BCUT2D eigenvalue weighted by molar-refractivity contribution is 0.419. The van der Waals surface area contributed by atoms with Crippen molar-refractivity contribution >= 4 is 0 Å². The third-order valence-electron chi connectivity index (χ3n) is 2.25. The molecular formula is C11H15NO. The molecule has 0 aliphatic heterocycles. The highest BCUT2D eigenvalue weighted by atomic mass is 16.5. The molecule has 0 atom stereocenters. The molecule has 0 heterocycles. The summed E-state index contributed by atoms with van der Waals surface area (Å²) in [6.45, 7) is 9.65. The Morgan fingerprint density at radius 2 is 1.85 bits per heavy atom. The minimum Gasteiger partial charge on any atom is -0.442 e. The number of hydrogen-bond acceptors (Lipinski definition) is 2. The lowest BCUT2D eigenvalue weighted by Gasteiger charge is -2.11. The van der Waals surface area contributed by atoms with Crippen LogP contribution in [-0.2, 0) is 0 Å². The van der Waals surface area contributed by atoms with E-state index >= 15 is 0 Å². The highest BCUT2D eigenvalue weighted by Crippen LogP contribution is 2.24. The van der Waals surface area contributed by atoms with Crippen molar-refractivity contribution in [1.29, 1.82) is 0 Å². The average Bonchev–Trinajstić information content (AvgIpc) is 2.06. The monoisotopic (exact) mass is 177 g/mol. The van der Waals surface area contributed by atoms with E-state index in [4.69, 9.17) is 10.5 Å². The van der Waals surface area contributed by atoms with Gasteiger partial charge < -0.3 is 10.5 Å². The molecule has 13 heavy (non-hydrogen) atoms. The quantitative estimate of drug-likeness (QED) is 0.704. The maximum absolute atomic E-state index is 5.36. The molecular weight excluding hydrogens is 162 g/mol. The summed E-state index contributed by atoms with van der Waals surface area (Å²) in [6, 6.07) is 3.93. The van der Waals surface area contributed by atoms with Crippen molar-refractivity contribution < 1.29 is 4.74 Å². The number of rotatable bonds is 2. The van der Waals surface area contributed by atoms with Crippen LogP contribution in [0.1, 0.15) is 16.7 Å². The molecule has 0 spiro atoms. The first kappa shape index (κ1) is 9.65. The lowest BCUT2D eigenvalue weighted by atomic mass is 10.0. The summed E-state index contributed by atoms with van der Waals surface area (Å²) in [4.78, 5) is 0. The molecule has 0 amide bonds. The topological polar surface area (TPSA) is 35.2 Å². The minimum atomic E-state index is 0.228. The summed E-state index contributed by atoms with van der Waals surface area (Å²) in [5.74, 6) is 1.02. The molecule has 0 aliphatic rings. The number of hydrogen-bond donors (Lipinski definition) is 1. The van der Waals surface area contributed by atoms with Crippen molar-refractivity contribution in [2.75, 3.05) is 0 Å². The Balaban J connectivity index is 3.10. The Kier molecular flexibility index (Phi) is 2.61. The van der Waals surface area contributed by atoms with Gasteiger partial charge in [0.15, 0.2) is 5.88 Å². The van der Waals surface area contributed by atoms with Crippen LogP contribution in [0.2, 0.25) is 0 Å². The van der Waals surface area contributed by atoms with Gasteiger partial charge in [-0.25, -0.2) is 0 Å². The minimum absolute atomic E-state index is 0.228. The number of nitrogens with two attached hydrogens (primary N) is 1. The summed E-state index contributed by atoms with van der Waals surface area (Å²) in [5, 5.41) is 0. The second-order valence-corrected chi connectivity index (χ2v) is 3.20. The van der Waals surface area contributed by atoms with E-state index in [1.807, 2.05) is 19.1 Å². The first-order valence-electron chi connectivity index (χ1n) is 4.21. The van der Waals surface area contributed by atoms with Crippen LogP contribution >= 0.6 is 0 Å². The maximum atomic E-state index is 5.36. The normalized spacial score (nSPS) is 9.77. The van der Waals surface area contributed by atoms with Gasteiger partial charge in [0.05, 0.1) is 0 Å². The van der Waals surface area contributed by atoms with Crippen molar-refractivity contribution in [3.05, 3.63) is 41.3 Å². The van der Waals surface area contributed by atoms with Crippen LogP contribution < -0.4 is 10.5 Å². The van der Waals surface area contributed by atoms with Gasteiger partial charge in [-0.15, -0.1) is 0 Å². The van der Waals surface area contributed by atoms with Gasteiger partial charge in [-0.1, -0.05) is 6.07 Å². The zero-order valence-corrected chi connectivity index (χ0v) is 8.35. The Bertz CT molecular complexity index is 342. The van der Waals surface area contributed by atoms with Gasteiger partial charge in [0.2, 0.25) is 0 Å². The zero-order valence-electron chi connectivity index (χ0n) is 8.35. The Labute approximate surface area is 79.0 Å². The molecule has 1 rings (SSSR count). The van der Waals surface area contributed by atoms with E-state index in [2.05, 4.69) is 20.4 Å². The van der Waals surface area contributed by atoms with Crippen LogP contribution in [0.4, 0.5) is 0 Å². The predicted molar refractivity (Wildman–Crippen MR) is 54.6 cm³/mol. The molecule has 0 fully saturated rings. The predicted octanol–water partition coefficient (Wildman–Crippen LogP) is 2.42. The zero-order chi connectivity index (χ0) is 10.0. The van der Waals surface area contributed by atoms with Crippen molar-refractivity contribution in [3.8, 4) is 5.75 Å². The molecule has 0 aromatic heterocycles. The van der Waals surface area contributed by atoms with E-state index in [0.29, 0.717) is 0 Å². The Morgan fingerprint density at radius 1 is 1.23 bits per heavy atom. The molecule has 0 aliphatic carbocycles. The van der Waals surface area contributed by atoms with Crippen molar-refractivity contribution in [1.82, 2.24) is 0 Å². The fourth-order valence-electron chi connectivity index (χ4n) is 1.18. The van der Waals surface area contributed by atoms with Crippen LogP contribution in [-0.4, -0.2) is 0 Å². The Hall–Kier alpha value is -1.44. The number of benzene rings is 1.